The second-order valence-corrected chi connectivity index (χ2v) is 5.87. The maximum absolute atomic E-state index is 6.27. The molecule has 1 aliphatic carbocycles. The Morgan fingerprint density at radius 1 is 1.21 bits per heavy atom. The van der Waals surface area contributed by atoms with Gasteiger partial charge in [-0.2, -0.15) is 5.10 Å². The first kappa shape index (κ1) is 12.8. The minimum Gasteiger partial charge on any atom is -0.382 e. The molecular weight excluding hydrogens is 281 g/mol. The van der Waals surface area contributed by atoms with Crippen LogP contribution in [0.2, 0.25) is 10.0 Å². The molecule has 1 aromatic carbocycles. The van der Waals surface area contributed by atoms with Crippen LogP contribution in [0.4, 0.5) is 5.82 Å². The van der Waals surface area contributed by atoms with E-state index in [-0.39, 0.29) is 0 Å². The van der Waals surface area contributed by atoms with Gasteiger partial charge in [-0.05, 0) is 24.5 Å². The minimum atomic E-state index is 0.462. The Morgan fingerprint density at radius 2 is 1.89 bits per heavy atom. The molecule has 0 spiro atoms. The quantitative estimate of drug-likeness (QED) is 0.886. The van der Waals surface area contributed by atoms with Crippen LogP contribution in [0.15, 0.2) is 18.2 Å². The molecule has 2 aromatic rings. The van der Waals surface area contributed by atoms with Gasteiger partial charge in [0.2, 0.25) is 0 Å². The van der Waals surface area contributed by atoms with Gasteiger partial charge in [-0.25, -0.2) is 0 Å². The molecule has 1 saturated carbocycles. The summed E-state index contributed by atoms with van der Waals surface area (Å²) in [5.41, 5.74) is 8.67. The van der Waals surface area contributed by atoms with Crippen molar-refractivity contribution in [3.63, 3.8) is 0 Å². The Balaban J connectivity index is 2.05. The van der Waals surface area contributed by atoms with Crippen LogP contribution < -0.4 is 5.73 Å². The Bertz CT molecular complexity index is 582. The standard InChI is InChI=1S/C14H15Cl2N3/c15-9-5-2-6-10(16)12(9)13-11(18-19-14(13)17)7-8-3-1-4-8/h2,5-6,8H,1,3-4,7H2,(H3,17,18,19). The van der Waals surface area contributed by atoms with Crippen LogP contribution in [-0.2, 0) is 6.42 Å². The van der Waals surface area contributed by atoms with E-state index in [2.05, 4.69) is 10.2 Å². The summed E-state index contributed by atoms with van der Waals surface area (Å²) >= 11 is 12.5. The largest absolute Gasteiger partial charge is 0.382 e. The zero-order valence-electron chi connectivity index (χ0n) is 10.4. The van der Waals surface area contributed by atoms with Crippen molar-refractivity contribution in [2.45, 2.75) is 25.7 Å². The molecule has 0 bridgehead atoms. The van der Waals surface area contributed by atoms with Crippen LogP contribution in [-0.4, -0.2) is 10.2 Å². The summed E-state index contributed by atoms with van der Waals surface area (Å²) in [7, 11) is 0. The third kappa shape index (κ3) is 2.33. The highest BCUT2D eigenvalue weighted by atomic mass is 35.5. The highest BCUT2D eigenvalue weighted by Gasteiger charge is 2.24. The molecule has 0 saturated heterocycles. The number of nitrogen functional groups attached to an aromatic ring is 1. The predicted molar refractivity (Wildman–Crippen MR) is 79.5 cm³/mol. The number of hydrogen-bond donors (Lipinski definition) is 2. The SMILES string of the molecule is Nc1n[nH]c(CC2CCC2)c1-c1c(Cl)cccc1Cl. The van der Waals surface area contributed by atoms with E-state index >= 15 is 0 Å². The van der Waals surface area contributed by atoms with Crippen molar-refractivity contribution < 1.29 is 0 Å². The van der Waals surface area contributed by atoms with Crippen molar-refractivity contribution in [2.75, 3.05) is 5.73 Å². The fraction of sp³-hybridized carbons (Fsp3) is 0.357. The number of aromatic amines is 1. The van der Waals surface area contributed by atoms with Crippen molar-refractivity contribution in [1.82, 2.24) is 10.2 Å². The number of rotatable bonds is 3. The number of benzene rings is 1. The van der Waals surface area contributed by atoms with Gasteiger partial charge in [0.05, 0.1) is 10.0 Å². The van der Waals surface area contributed by atoms with Gasteiger partial charge in [0.1, 0.15) is 0 Å². The van der Waals surface area contributed by atoms with Gasteiger partial charge in [0.15, 0.2) is 5.82 Å². The summed E-state index contributed by atoms with van der Waals surface area (Å²) in [6.45, 7) is 0. The maximum atomic E-state index is 6.27. The van der Waals surface area contributed by atoms with E-state index in [4.69, 9.17) is 28.9 Å². The highest BCUT2D eigenvalue weighted by molar-refractivity contribution is 6.39. The van der Waals surface area contributed by atoms with E-state index in [1.165, 1.54) is 19.3 Å². The zero-order valence-corrected chi connectivity index (χ0v) is 11.9. The van der Waals surface area contributed by atoms with Crippen molar-refractivity contribution in [3.05, 3.63) is 33.9 Å². The van der Waals surface area contributed by atoms with Crippen molar-refractivity contribution in [1.29, 1.82) is 0 Å². The molecule has 19 heavy (non-hydrogen) atoms. The Morgan fingerprint density at radius 3 is 2.47 bits per heavy atom. The van der Waals surface area contributed by atoms with Gasteiger partial charge in [0, 0.05) is 16.8 Å². The van der Waals surface area contributed by atoms with Gasteiger partial charge >= 0.3 is 0 Å². The molecule has 3 nitrogen and oxygen atoms in total. The molecule has 0 atom stereocenters. The van der Waals surface area contributed by atoms with E-state index in [1.807, 2.05) is 18.2 Å². The molecule has 0 amide bonds. The number of nitrogens with two attached hydrogens (primary N) is 1. The minimum absolute atomic E-state index is 0.462. The van der Waals surface area contributed by atoms with Gasteiger partial charge in [-0.1, -0.05) is 48.5 Å². The van der Waals surface area contributed by atoms with Crippen LogP contribution in [0.1, 0.15) is 25.0 Å². The van der Waals surface area contributed by atoms with Crippen molar-refractivity contribution in [2.24, 2.45) is 5.92 Å². The third-order valence-corrected chi connectivity index (χ3v) is 4.43. The molecule has 1 aliphatic rings. The van der Waals surface area contributed by atoms with Gasteiger partial charge in [-0.15, -0.1) is 0 Å². The summed E-state index contributed by atoms with van der Waals surface area (Å²) in [6, 6.07) is 5.47. The number of nitrogens with zero attached hydrogens (tertiary/aromatic N) is 1. The second kappa shape index (κ2) is 5.06. The lowest BCUT2D eigenvalue weighted by Crippen LogP contribution is -2.14. The number of nitrogens with one attached hydrogen (secondary N) is 1. The molecule has 100 valence electrons. The average molecular weight is 296 g/mol. The van der Waals surface area contributed by atoms with Gasteiger partial charge in [0.25, 0.3) is 0 Å². The molecule has 0 aliphatic heterocycles. The lowest BCUT2D eigenvalue weighted by atomic mass is 9.81. The van der Waals surface area contributed by atoms with Gasteiger partial charge < -0.3 is 5.73 Å². The average Bonchev–Trinajstić information content (AvgIpc) is 2.66. The predicted octanol–water partition coefficient (Wildman–Crippen LogP) is 4.31. The summed E-state index contributed by atoms with van der Waals surface area (Å²) < 4.78 is 0. The topological polar surface area (TPSA) is 54.7 Å². The van der Waals surface area contributed by atoms with Crippen LogP contribution in [0.5, 0.6) is 0 Å². The van der Waals surface area contributed by atoms with E-state index in [0.29, 0.717) is 15.9 Å². The number of aromatic nitrogens is 2. The van der Waals surface area contributed by atoms with Crippen LogP contribution in [0, 0.1) is 5.92 Å². The first-order valence-electron chi connectivity index (χ1n) is 6.44. The lowest BCUT2D eigenvalue weighted by Gasteiger charge is -2.25. The molecule has 0 unspecified atom stereocenters. The van der Waals surface area contributed by atoms with Crippen LogP contribution in [0.3, 0.4) is 0 Å². The number of H-pyrrole nitrogens is 1. The highest BCUT2D eigenvalue weighted by Crippen LogP contribution is 2.41. The number of halogens is 2. The van der Waals surface area contributed by atoms with Gasteiger partial charge in [-0.3, -0.25) is 5.10 Å². The Hall–Kier alpha value is -1.19. The first-order valence-corrected chi connectivity index (χ1v) is 7.19. The van der Waals surface area contributed by atoms with Crippen molar-refractivity contribution in [3.8, 4) is 11.1 Å². The summed E-state index contributed by atoms with van der Waals surface area (Å²) in [5, 5.41) is 8.37. The normalized spacial score (nSPS) is 15.5. The fourth-order valence-electron chi connectivity index (χ4n) is 2.54. The smallest absolute Gasteiger partial charge is 0.153 e. The Kier molecular flexibility index (Phi) is 3.42. The summed E-state index contributed by atoms with van der Waals surface area (Å²) in [4.78, 5) is 0. The van der Waals surface area contributed by atoms with Crippen molar-refractivity contribution >= 4 is 29.0 Å². The number of anilines is 1. The van der Waals surface area contributed by atoms with E-state index in [0.717, 1.165) is 29.2 Å². The molecule has 3 rings (SSSR count). The zero-order chi connectivity index (χ0) is 13.4. The molecule has 1 heterocycles. The molecule has 1 fully saturated rings. The summed E-state index contributed by atoms with van der Waals surface area (Å²) in [5.74, 6) is 1.18. The molecule has 0 radical (unpaired) electrons. The lowest BCUT2D eigenvalue weighted by molar-refractivity contribution is 0.312. The number of hydrogen-bond acceptors (Lipinski definition) is 2. The van der Waals surface area contributed by atoms with Crippen LogP contribution in [0.25, 0.3) is 11.1 Å². The van der Waals surface area contributed by atoms with E-state index in [1.54, 1.807) is 0 Å². The second-order valence-electron chi connectivity index (χ2n) is 5.06. The Labute approximate surface area is 122 Å². The maximum Gasteiger partial charge on any atom is 0.153 e. The molecule has 3 N–H and O–H groups in total. The molecule has 5 heteroatoms. The fourth-order valence-corrected chi connectivity index (χ4v) is 3.13. The first-order chi connectivity index (χ1) is 9.16. The van der Waals surface area contributed by atoms with E-state index in [9.17, 15) is 0 Å². The van der Waals surface area contributed by atoms with Crippen LogP contribution >= 0.6 is 23.2 Å². The molecule has 1 aromatic heterocycles. The molecular formula is C14H15Cl2N3. The third-order valence-electron chi connectivity index (χ3n) is 3.80. The van der Waals surface area contributed by atoms with E-state index < -0.39 is 0 Å². The monoisotopic (exact) mass is 295 g/mol. The summed E-state index contributed by atoms with van der Waals surface area (Å²) in [6.07, 6.45) is 4.82.